The summed E-state index contributed by atoms with van der Waals surface area (Å²) in [4.78, 5) is 40.7. The number of halogens is 2. The van der Waals surface area contributed by atoms with Gasteiger partial charge in [-0.25, -0.2) is 14.2 Å². The number of rotatable bonds is 19. The largest absolute Gasteiger partial charge is 0.453 e. The van der Waals surface area contributed by atoms with Gasteiger partial charge in [0, 0.05) is 10.0 Å². The molecule has 53 heavy (non-hydrogen) atoms. The van der Waals surface area contributed by atoms with E-state index in [1.807, 2.05) is 66.9 Å². The number of alkyl carbamates (subject to hydrolysis) is 1. The number of benzene rings is 4. The molecule has 282 valence electrons. The van der Waals surface area contributed by atoms with Gasteiger partial charge in [0.1, 0.15) is 24.1 Å². The first-order valence-corrected chi connectivity index (χ1v) is 20.7. The Hall–Kier alpha value is -4.15. The van der Waals surface area contributed by atoms with Crippen molar-refractivity contribution in [3.8, 4) is 11.5 Å². The topological polar surface area (TPSA) is 129 Å². The maximum absolute atomic E-state index is 14.8. The Morgan fingerprint density at radius 3 is 1.77 bits per heavy atom. The number of aryl methyl sites for hydroxylation is 1. The van der Waals surface area contributed by atoms with Gasteiger partial charge in [-0.1, -0.05) is 97.7 Å². The van der Waals surface area contributed by atoms with Gasteiger partial charge in [-0.2, -0.15) is 11.8 Å². The van der Waals surface area contributed by atoms with Crippen LogP contribution in [0.15, 0.2) is 109 Å². The molecule has 4 aromatic carbocycles. The number of nitrogens with one attached hydrogen (secondary N) is 2. The third-order valence-corrected chi connectivity index (χ3v) is 11.3. The number of thioether (sulfide) groups is 1. The summed E-state index contributed by atoms with van der Waals surface area (Å²) in [6, 6.07) is 29.9. The van der Waals surface area contributed by atoms with Crippen LogP contribution in [-0.2, 0) is 36.7 Å². The number of ether oxygens (including phenoxy) is 2. The Labute approximate surface area is 324 Å². The molecule has 4 aromatic rings. The van der Waals surface area contributed by atoms with Crippen LogP contribution in [0.3, 0.4) is 0 Å². The van der Waals surface area contributed by atoms with Gasteiger partial charge < -0.3 is 29.2 Å². The van der Waals surface area contributed by atoms with Crippen molar-refractivity contribution in [2.75, 3.05) is 12.0 Å². The Morgan fingerprint density at radius 1 is 0.736 bits per heavy atom. The van der Waals surface area contributed by atoms with E-state index in [0.29, 0.717) is 22.2 Å². The fourth-order valence-corrected chi connectivity index (χ4v) is 7.90. The van der Waals surface area contributed by atoms with Crippen molar-refractivity contribution >= 4 is 60.5 Å². The molecular weight excluding hydrogens is 758 g/mol. The van der Waals surface area contributed by atoms with Crippen molar-refractivity contribution in [2.45, 2.75) is 57.6 Å². The summed E-state index contributed by atoms with van der Waals surface area (Å²) >= 11 is 13.6. The van der Waals surface area contributed by atoms with Crippen LogP contribution in [0.2, 0.25) is 10.0 Å². The molecule has 4 rings (SSSR count). The highest BCUT2D eigenvalue weighted by molar-refractivity contribution is 7.98. The number of hydrogen-bond acceptors (Lipinski definition) is 9. The van der Waals surface area contributed by atoms with E-state index in [9.17, 15) is 18.9 Å². The van der Waals surface area contributed by atoms with Crippen molar-refractivity contribution in [3.63, 3.8) is 0 Å². The van der Waals surface area contributed by atoms with Gasteiger partial charge in [0.2, 0.25) is 0 Å². The van der Waals surface area contributed by atoms with E-state index in [1.165, 1.54) is 36.0 Å². The standard InChI is InChI=1S/C39H43Cl2N2O8PS/c1-27(2)37(52(47,50-32-19-15-30(40)16-20-32)51-33-21-17-31(41)18-22-33)43-36(44)35(23-14-28-10-6-4-7-11-28)49-38(45)34(24-25-53-3)42-39(46)48-26-29-12-8-5-9-13-29/h4-13,15-22,27,34-35,37H,14,23-26H2,1-3H3,(H,42,46)(H,43,44)/t34-,35-,37-/m0/s1. The zero-order chi connectivity index (χ0) is 38.2. The average Bonchev–Trinajstić information content (AvgIpc) is 3.15. The highest BCUT2D eigenvalue weighted by atomic mass is 35.5. The fourth-order valence-electron chi connectivity index (χ4n) is 5.07. The minimum atomic E-state index is -4.29. The second-order valence-corrected chi connectivity index (χ2v) is 16.2. The summed E-state index contributed by atoms with van der Waals surface area (Å²) < 4.78 is 38.2. The lowest BCUT2D eigenvalue weighted by Crippen LogP contribution is -2.49. The zero-order valence-electron chi connectivity index (χ0n) is 29.6. The lowest BCUT2D eigenvalue weighted by molar-refractivity contribution is -0.158. The van der Waals surface area contributed by atoms with Gasteiger partial charge in [0.05, 0.1) is 0 Å². The molecular formula is C39H43Cl2N2O8PS. The molecule has 3 atom stereocenters. The number of carbonyl (C=O) groups excluding carboxylic acids is 3. The van der Waals surface area contributed by atoms with Gasteiger partial charge >= 0.3 is 19.7 Å². The maximum Gasteiger partial charge on any atom is 0.453 e. The highest BCUT2D eigenvalue weighted by Crippen LogP contribution is 2.54. The molecule has 14 heteroatoms. The van der Waals surface area contributed by atoms with Crippen LogP contribution in [0.4, 0.5) is 4.79 Å². The quantitative estimate of drug-likeness (QED) is 0.0704. The average molecular weight is 802 g/mol. The number of amides is 2. The minimum Gasteiger partial charge on any atom is -0.451 e. The minimum absolute atomic E-state index is 0.00586. The lowest BCUT2D eigenvalue weighted by Gasteiger charge is -2.31. The van der Waals surface area contributed by atoms with Crippen LogP contribution in [0.25, 0.3) is 0 Å². The third kappa shape index (κ3) is 13.6. The van der Waals surface area contributed by atoms with Crippen LogP contribution in [0.5, 0.6) is 11.5 Å². The molecule has 0 aliphatic rings. The Balaban J connectivity index is 1.58. The van der Waals surface area contributed by atoms with Crippen LogP contribution in [0, 0.1) is 5.92 Å². The normalized spacial score (nSPS) is 12.9. The molecule has 2 amide bonds. The lowest BCUT2D eigenvalue weighted by atomic mass is 10.1. The molecule has 0 saturated carbocycles. The Bertz CT molecular complexity index is 1750. The van der Waals surface area contributed by atoms with Crippen LogP contribution >= 0.6 is 42.6 Å². The van der Waals surface area contributed by atoms with Gasteiger partial charge in [-0.05, 0) is 96.8 Å². The van der Waals surface area contributed by atoms with Crippen molar-refractivity contribution in [1.29, 1.82) is 0 Å². The summed E-state index contributed by atoms with van der Waals surface area (Å²) in [5, 5.41) is 6.31. The molecule has 0 aliphatic carbocycles. The SMILES string of the molecule is CSCC[C@H](NC(=O)OCc1ccccc1)C(=O)O[C@@H](CCc1ccccc1)C(=O)N[C@H](C(C)C)P(=O)(Oc1ccc(Cl)cc1)Oc1ccc(Cl)cc1. The van der Waals surface area contributed by atoms with Crippen LogP contribution < -0.4 is 19.7 Å². The second-order valence-electron chi connectivity index (χ2n) is 12.3. The molecule has 0 heterocycles. The first kappa shape index (κ1) is 41.6. The van der Waals surface area contributed by atoms with Crippen molar-refractivity contribution < 1.29 is 37.5 Å². The molecule has 0 spiro atoms. The number of carbonyl (C=O) groups is 3. The number of esters is 1. The van der Waals surface area contributed by atoms with E-state index in [4.69, 9.17) is 41.7 Å². The van der Waals surface area contributed by atoms with Crippen molar-refractivity contribution in [3.05, 3.63) is 130 Å². The van der Waals surface area contributed by atoms with Gasteiger partial charge in [0.15, 0.2) is 11.9 Å². The van der Waals surface area contributed by atoms with Gasteiger partial charge in [-0.3, -0.25) is 4.79 Å². The molecule has 0 saturated heterocycles. The van der Waals surface area contributed by atoms with E-state index >= 15 is 0 Å². The predicted octanol–water partition coefficient (Wildman–Crippen LogP) is 9.34. The predicted molar refractivity (Wildman–Crippen MR) is 210 cm³/mol. The molecule has 0 aliphatic heterocycles. The molecule has 0 radical (unpaired) electrons. The third-order valence-electron chi connectivity index (χ3n) is 7.84. The first-order chi connectivity index (χ1) is 25.5. The molecule has 0 unspecified atom stereocenters. The van der Waals surface area contributed by atoms with Crippen LogP contribution in [0.1, 0.15) is 37.8 Å². The van der Waals surface area contributed by atoms with Gasteiger partial charge in [0.25, 0.3) is 5.91 Å². The maximum atomic E-state index is 14.8. The van der Waals surface area contributed by atoms with E-state index in [2.05, 4.69) is 10.6 Å². The van der Waals surface area contributed by atoms with E-state index in [-0.39, 0.29) is 30.9 Å². The molecule has 2 N–H and O–H groups in total. The van der Waals surface area contributed by atoms with Crippen LogP contribution in [-0.4, -0.2) is 47.9 Å². The summed E-state index contributed by atoms with van der Waals surface area (Å²) in [6.45, 7) is 3.51. The molecule has 0 aromatic heterocycles. The number of hydrogen-bond donors (Lipinski definition) is 2. The van der Waals surface area contributed by atoms with Crippen molar-refractivity contribution in [2.24, 2.45) is 5.92 Å². The Kier molecular flexibility index (Phi) is 16.4. The molecule has 0 fully saturated rings. The zero-order valence-corrected chi connectivity index (χ0v) is 32.8. The van der Waals surface area contributed by atoms with E-state index in [0.717, 1.165) is 11.1 Å². The highest BCUT2D eigenvalue weighted by Gasteiger charge is 2.44. The summed E-state index contributed by atoms with van der Waals surface area (Å²) in [5.41, 5.74) is 1.69. The summed E-state index contributed by atoms with van der Waals surface area (Å²) in [7, 11) is -4.29. The van der Waals surface area contributed by atoms with Crippen molar-refractivity contribution in [1.82, 2.24) is 10.6 Å². The first-order valence-electron chi connectivity index (χ1n) is 17.0. The fraction of sp³-hybridized carbons (Fsp3) is 0.308. The second kappa shape index (κ2) is 20.9. The molecule has 0 bridgehead atoms. The summed E-state index contributed by atoms with van der Waals surface area (Å²) in [5.74, 6) is -2.34. The van der Waals surface area contributed by atoms with E-state index < -0.39 is 49.4 Å². The van der Waals surface area contributed by atoms with E-state index in [1.54, 1.807) is 38.1 Å². The Morgan fingerprint density at radius 2 is 1.26 bits per heavy atom. The van der Waals surface area contributed by atoms with Gasteiger partial charge in [-0.15, -0.1) is 0 Å². The smallest absolute Gasteiger partial charge is 0.451 e. The summed E-state index contributed by atoms with van der Waals surface area (Å²) in [6.07, 6.45) is 0.404. The molecule has 10 nitrogen and oxygen atoms in total. The monoisotopic (exact) mass is 800 g/mol.